The van der Waals surface area contributed by atoms with Crippen LogP contribution < -0.4 is 0 Å². The van der Waals surface area contributed by atoms with Crippen LogP contribution in [0.5, 0.6) is 0 Å². The van der Waals surface area contributed by atoms with Crippen molar-refractivity contribution in [1.82, 2.24) is 4.57 Å². The maximum Gasteiger partial charge on any atom is 0.143 e. The molecule has 0 saturated carbocycles. The molecule has 0 bridgehead atoms. The second kappa shape index (κ2) is 10.3. The largest absolute Gasteiger partial charge is 0.455 e. The predicted octanol–water partition coefficient (Wildman–Crippen LogP) is 12.9. The number of furan rings is 1. The summed E-state index contributed by atoms with van der Waals surface area (Å²) in [6.45, 7) is 0. The van der Waals surface area contributed by atoms with E-state index in [4.69, 9.17) is 4.42 Å². The molecule has 0 spiro atoms. The Hall–Kier alpha value is -5.90. The van der Waals surface area contributed by atoms with Crippen LogP contribution in [-0.4, -0.2) is 4.57 Å². The van der Waals surface area contributed by atoms with Gasteiger partial charge in [-0.2, -0.15) is 0 Å². The highest BCUT2D eigenvalue weighted by molar-refractivity contribution is 7.26. The minimum atomic E-state index is 0.927. The third-order valence-electron chi connectivity index (χ3n) is 9.43. The van der Waals surface area contributed by atoms with Gasteiger partial charge in [-0.15, -0.1) is 11.3 Å². The van der Waals surface area contributed by atoms with Crippen molar-refractivity contribution >= 4 is 64.5 Å². The lowest BCUT2D eigenvalue weighted by atomic mass is 9.98. The lowest BCUT2D eigenvalue weighted by Gasteiger charge is -2.08. The Morgan fingerprint density at radius 2 is 1.00 bits per heavy atom. The van der Waals surface area contributed by atoms with E-state index in [-0.39, 0.29) is 0 Å². The number of rotatable bonds is 4. The number of nitrogens with zero attached hydrogens (tertiary/aromatic N) is 1. The van der Waals surface area contributed by atoms with Crippen LogP contribution in [0.15, 0.2) is 168 Å². The van der Waals surface area contributed by atoms with Crippen molar-refractivity contribution in [1.29, 1.82) is 0 Å². The Morgan fingerprint density at radius 1 is 0.426 bits per heavy atom. The first-order chi connectivity index (χ1) is 23.3. The first-order valence-electron chi connectivity index (χ1n) is 15.9. The van der Waals surface area contributed by atoms with Gasteiger partial charge in [0.1, 0.15) is 11.2 Å². The van der Waals surface area contributed by atoms with Gasteiger partial charge in [0.05, 0.1) is 15.7 Å². The average molecular weight is 618 g/mol. The highest BCUT2D eigenvalue weighted by Crippen LogP contribution is 2.44. The fourth-order valence-electron chi connectivity index (χ4n) is 7.23. The van der Waals surface area contributed by atoms with Crippen LogP contribution >= 0.6 is 11.3 Å². The van der Waals surface area contributed by atoms with Crippen molar-refractivity contribution in [2.24, 2.45) is 0 Å². The van der Waals surface area contributed by atoms with Gasteiger partial charge < -0.3 is 8.98 Å². The second-order valence-electron chi connectivity index (χ2n) is 12.1. The van der Waals surface area contributed by atoms with Crippen LogP contribution in [0.2, 0.25) is 0 Å². The van der Waals surface area contributed by atoms with E-state index in [1.54, 1.807) is 0 Å². The lowest BCUT2D eigenvalue weighted by Crippen LogP contribution is -1.92. The zero-order valence-electron chi connectivity index (χ0n) is 25.4. The van der Waals surface area contributed by atoms with Gasteiger partial charge in [-0.3, -0.25) is 0 Å². The summed E-state index contributed by atoms with van der Waals surface area (Å²) >= 11 is 1.89. The first kappa shape index (κ1) is 26.3. The maximum absolute atomic E-state index is 6.68. The number of benzene rings is 7. The molecule has 0 N–H and O–H groups in total. The molecule has 3 heterocycles. The summed E-state index contributed by atoms with van der Waals surface area (Å²) in [5.74, 6) is 0. The monoisotopic (exact) mass is 617 g/mol. The Labute approximate surface area is 275 Å². The summed E-state index contributed by atoms with van der Waals surface area (Å²) in [5, 5.41) is 4.87. The SMILES string of the molecule is c1ccc(-c2cccc3c2oc2c(-c4ccc(-c5ccc6c(c5)sc5c7ccccc7n(-c7ccccc7)c65)cc4)cccc23)cc1. The summed E-state index contributed by atoms with van der Waals surface area (Å²) in [6.07, 6.45) is 0. The quantitative estimate of drug-likeness (QED) is 0.192. The van der Waals surface area contributed by atoms with Crippen LogP contribution in [-0.2, 0) is 0 Å². The van der Waals surface area contributed by atoms with Gasteiger partial charge in [0.2, 0.25) is 0 Å². The van der Waals surface area contributed by atoms with Gasteiger partial charge in [0, 0.05) is 43.1 Å². The Kier molecular flexibility index (Phi) is 5.78. The van der Waals surface area contributed by atoms with Crippen molar-refractivity contribution in [2.45, 2.75) is 0 Å². The number of aromatic nitrogens is 1. The number of fused-ring (bicyclic) bond motifs is 8. The van der Waals surface area contributed by atoms with Crippen molar-refractivity contribution < 1.29 is 4.42 Å². The van der Waals surface area contributed by atoms with Crippen LogP contribution in [0.1, 0.15) is 0 Å². The van der Waals surface area contributed by atoms with Crippen molar-refractivity contribution in [2.75, 3.05) is 0 Å². The molecule has 2 nitrogen and oxygen atoms in total. The summed E-state index contributed by atoms with van der Waals surface area (Å²) in [7, 11) is 0. The van der Waals surface area contributed by atoms with Crippen LogP contribution in [0, 0.1) is 0 Å². The summed E-state index contributed by atoms with van der Waals surface area (Å²) in [4.78, 5) is 0. The van der Waals surface area contributed by atoms with Gasteiger partial charge in [-0.05, 0) is 46.5 Å². The van der Waals surface area contributed by atoms with Gasteiger partial charge >= 0.3 is 0 Å². The van der Waals surface area contributed by atoms with E-state index in [0.29, 0.717) is 0 Å². The highest BCUT2D eigenvalue weighted by Gasteiger charge is 2.19. The second-order valence-corrected chi connectivity index (χ2v) is 13.1. The Bertz CT molecular complexity index is 2770. The molecule has 10 rings (SSSR count). The van der Waals surface area contributed by atoms with E-state index in [2.05, 4.69) is 162 Å². The molecule has 3 heteroatoms. The zero-order chi connectivity index (χ0) is 30.9. The summed E-state index contributed by atoms with van der Waals surface area (Å²) in [6, 6.07) is 58.6. The Morgan fingerprint density at radius 3 is 1.72 bits per heavy atom. The smallest absolute Gasteiger partial charge is 0.143 e. The molecule has 3 aromatic heterocycles. The average Bonchev–Trinajstić information content (AvgIpc) is 3.81. The minimum absolute atomic E-state index is 0.927. The molecular weight excluding hydrogens is 591 g/mol. The molecule has 7 aromatic carbocycles. The molecular formula is C44H27NOS. The predicted molar refractivity (Wildman–Crippen MR) is 200 cm³/mol. The van der Waals surface area contributed by atoms with Crippen molar-refractivity contribution in [3.05, 3.63) is 164 Å². The standard InChI is InChI=1S/C44H27NOS/c1-3-11-29(12-4-1)33-16-9-18-35-36-19-10-17-34(43(36)46-42(33)35)30-23-21-28(22-24-30)31-25-26-38-40(27-31)47-44-37-15-7-8-20-39(37)45(41(38)44)32-13-5-2-6-14-32/h1-27H. The number of hydrogen-bond acceptors (Lipinski definition) is 2. The van der Waals surface area contributed by atoms with Gasteiger partial charge in [-0.25, -0.2) is 0 Å². The molecule has 10 aromatic rings. The minimum Gasteiger partial charge on any atom is -0.455 e. The molecule has 220 valence electrons. The van der Waals surface area contributed by atoms with E-state index >= 15 is 0 Å². The molecule has 0 saturated heterocycles. The lowest BCUT2D eigenvalue weighted by molar-refractivity contribution is 0.671. The highest BCUT2D eigenvalue weighted by atomic mass is 32.1. The topological polar surface area (TPSA) is 18.1 Å². The molecule has 0 amide bonds. The molecule has 0 fully saturated rings. The van der Waals surface area contributed by atoms with Gasteiger partial charge in [-0.1, -0.05) is 140 Å². The Balaban J connectivity index is 1.07. The molecule has 0 aliphatic carbocycles. The number of thiophene rings is 1. The number of para-hydroxylation sites is 4. The molecule has 0 aliphatic rings. The van der Waals surface area contributed by atoms with Crippen LogP contribution in [0.4, 0.5) is 0 Å². The molecule has 0 atom stereocenters. The third-order valence-corrected chi connectivity index (χ3v) is 10.6. The normalized spacial score (nSPS) is 11.8. The van der Waals surface area contributed by atoms with Gasteiger partial charge in [0.15, 0.2) is 0 Å². The van der Waals surface area contributed by atoms with E-state index < -0.39 is 0 Å². The number of hydrogen-bond donors (Lipinski definition) is 0. The van der Waals surface area contributed by atoms with Crippen LogP contribution in [0.25, 0.3) is 92.2 Å². The van der Waals surface area contributed by atoms with E-state index in [1.807, 2.05) is 17.4 Å². The molecule has 0 radical (unpaired) electrons. The third kappa shape index (κ3) is 4.04. The first-order valence-corrected chi connectivity index (χ1v) is 16.7. The fraction of sp³-hybridized carbons (Fsp3) is 0. The summed E-state index contributed by atoms with van der Waals surface area (Å²) in [5.41, 5.74) is 12.5. The maximum atomic E-state index is 6.68. The molecule has 0 aliphatic heterocycles. The summed E-state index contributed by atoms with van der Waals surface area (Å²) < 4.78 is 11.7. The zero-order valence-corrected chi connectivity index (χ0v) is 26.2. The van der Waals surface area contributed by atoms with Crippen molar-refractivity contribution in [3.8, 4) is 39.1 Å². The van der Waals surface area contributed by atoms with Crippen LogP contribution in [0.3, 0.4) is 0 Å². The molecule has 0 unspecified atom stereocenters. The van der Waals surface area contributed by atoms with E-state index in [9.17, 15) is 0 Å². The van der Waals surface area contributed by atoms with Gasteiger partial charge in [0.25, 0.3) is 0 Å². The fourth-order valence-corrected chi connectivity index (χ4v) is 8.49. The van der Waals surface area contributed by atoms with E-state index in [0.717, 1.165) is 44.2 Å². The van der Waals surface area contributed by atoms with E-state index in [1.165, 1.54) is 48.0 Å². The van der Waals surface area contributed by atoms with Crippen molar-refractivity contribution in [3.63, 3.8) is 0 Å². The molecule has 47 heavy (non-hydrogen) atoms.